The third kappa shape index (κ3) is 2.40. The number of hydrogen-bond donors (Lipinski definition) is 1. The monoisotopic (exact) mass is 286 g/mol. The van der Waals surface area contributed by atoms with Crippen molar-refractivity contribution in [1.29, 1.82) is 0 Å². The van der Waals surface area contributed by atoms with E-state index in [-0.39, 0.29) is 6.10 Å². The third-order valence-electron chi connectivity index (χ3n) is 4.24. The van der Waals surface area contributed by atoms with Gasteiger partial charge in [-0.3, -0.25) is 0 Å². The Kier molecular flexibility index (Phi) is 3.11. The minimum Gasteiger partial charge on any atom is -0.485 e. The number of aliphatic hydroxyl groups is 1. The van der Waals surface area contributed by atoms with Gasteiger partial charge in [0.25, 0.3) is 0 Å². The zero-order valence-corrected chi connectivity index (χ0v) is 11.8. The summed E-state index contributed by atoms with van der Waals surface area (Å²) in [6.07, 6.45) is 4.70. The van der Waals surface area contributed by atoms with Crippen LogP contribution in [0.2, 0.25) is 0 Å². The Morgan fingerprint density at radius 1 is 1.29 bits per heavy atom. The van der Waals surface area contributed by atoms with Crippen molar-refractivity contribution >= 4 is 0 Å². The molecule has 1 aromatic carbocycles. The molecule has 6 heteroatoms. The molecule has 0 aliphatic heterocycles. The highest BCUT2D eigenvalue weighted by atomic mass is 16.5. The largest absolute Gasteiger partial charge is 0.485 e. The van der Waals surface area contributed by atoms with Crippen LogP contribution in [-0.4, -0.2) is 25.3 Å². The van der Waals surface area contributed by atoms with Crippen LogP contribution in [0.25, 0.3) is 0 Å². The maximum Gasteiger partial charge on any atom is 0.189 e. The molecule has 110 valence electrons. The average molecular weight is 286 g/mol. The van der Waals surface area contributed by atoms with Gasteiger partial charge in [-0.1, -0.05) is 12.1 Å². The Labute approximate surface area is 122 Å². The van der Waals surface area contributed by atoms with Gasteiger partial charge in [0.1, 0.15) is 12.4 Å². The van der Waals surface area contributed by atoms with Gasteiger partial charge in [0, 0.05) is 0 Å². The fourth-order valence-corrected chi connectivity index (χ4v) is 2.98. The van der Waals surface area contributed by atoms with Crippen molar-refractivity contribution in [2.75, 3.05) is 0 Å². The number of hydrogen-bond acceptors (Lipinski definition) is 5. The van der Waals surface area contributed by atoms with Crippen molar-refractivity contribution in [2.45, 2.75) is 50.9 Å². The van der Waals surface area contributed by atoms with Crippen LogP contribution in [0.4, 0.5) is 0 Å². The molecule has 2 aromatic rings. The number of rotatable bonds is 4. The Balaban J connectivity index is 1.55. The van der Waals surface area contributed by atoms with Gasteiger partial charge >= 0.3 is 0 Å². The standard InChI is InChI=1S/C15H18N4O2/c20-13-5-1-4-12-11(13)3-2-6-14(12)21-9-15-16-17-18-19(15)10-7-8-10/h2-3,6,10,13,20H,1,4-5,7-9H2/t13-/m0/s1. The van der Waals surface area contributed by atoms with Crippen molar-refractivity contribution in [3.63, 3.8) is 0 Å². The topological polar surface area (TPSA) is 73.1 Å². The summed E-state index contributed by atoms with van der Waals surface area (Å²) in [6, 6.07) is 6.33. The van der Waals surface area contributed by atoms with Crippen LogP contribution in [0.3, 0.4) is 0 Å². The summed E-state index contributed by atoms with van der Waals surface area (Å²) in [6.45, 7) is 0.371. The van der Waals surface area contributed by atoms with Gasteiger partial charge in [-0.15, -0.1) is 5.10 Å². The first kappa shape index (κ1) is 12.8. The van der Waals surface area contributed by atoms with E-state index < -0.39 is 0 Å². The van der Waals surface area contributed by atoms with E-state index in [2.05, 4.69) is 15.5 Å². The molecular formula is C15H18N4O2. The summed E-state index contributed by atoms with van der Waals surface area (Å²) in [4.78, 5) is 0. The van der Waals surface area contributed by atoms with Gasteiger partial charge in [0.15, 0.2) is 5.82 Å². The maximum absolute atomic E-state index is 10.1. The summed E-state index contributed by atoms with van der Waals surface area (Å²) in [5.41, 5.74) is 2.13. The molecule has 1 heterocycles. The van der Waals surface area contributed by atoms with Gasteiger partial charge in [-0.25, -0.2) is 4.68 Å². The van der Waals surface area contributed by atoms with Crippen LogP contribution >= 0.6 is 0 Å². The molecule has 0 unspecified atom stereocenters. The number of aliphatic hydroxyl groups excluding tert-OH is 1. The number of benzene rings is 1. The van der Waals surface area contributed by atoms with Gasteiger partial charge in [0.05, 0.1) is 12.1 Å². The number of nitrogens with zero attached hydrogens (tertiary/aromatic N) is 4. The van der Waals surface area contributed by atoms with Crippen LogP contribution in [0.15, 0.2) is 18.2 Å². The van der Waals surface area contributed by atoms with Gasteiger partial charge in [0.2, 0.25) is 0 Å². The number of fused-ring (bicyclic) bond motifs is 1. The first-order chi connectivity index (χ1) is 10.3. The molecule has 0 amide bonds. The molecule has 0 spiro atoms. The van der Waals surface area contributed by atoms with Crippen LogP contribution < -0.4 is 4.74 Å². The molecule has 0 radical (unpaired) electrons. The predicted octanol–water partition coefficient (Wildman–Crippen LogP) is 1.96. The zero-order chi connectivity index (χ0) is 14.2. The van der Waals surface area contributed by atoms with E-state index in [9.17, 15) is 5.11 Å². The lowest BCUT2D eigenvalue weighted by molar-refractivity contribution is 0.155. The lowest BCUT2D eigenvalue weighted by atomic mass is 9.89. The van der Waals surface area contributed by atoms with Crippen molar-refractivity contribution in [3.8, 4) is 5.75 Å². The van der Waals surface area contributed by atoms with Gasteiger partial charge < -0.3 is 9.84 Å². The smallest absolute Gasteiger partial charge is 0.189 e. The van der Waals surface area contributed by atoms with Crippen molar-refractivity contribution in [1.82, 2.24) is 20.2 Å². The van der Waals surface area contributed by atoms with E-state index in [1.54, 1.807) is 0 Å². The lowest BCUT2D eigenvalue weighted by Crippen LogP contribution is -2.12. The molecule has 0 saturated heterocycles. The number of aromatic nitrogens is 4. The third-order valence-corrected chi connectivity index (χ3v) is 4.24. The summed E-state index contributed by atoms with van der Waals surface area (Å²) in [5, 5.41) is 21.9. The molecule has 1 saturated carbocycles. The highest BCUT2D eigenvalue weighted by Crippen LogP contribution is 2.36. The van der Waals surface area contributed by atoms with Crippen LogP contribution in [0.5, 0.6) is 5.75 Å². The molecule has 2 aliphatic carbocycles. The number of tetrazole rings is 1. The lowest BCUT2D eigenvalue weighted by Gasteiger charge is -2.23. The van der Waals surface area contributed by atoms with E-state index in [4.69, 9.17) is 4.74 Å². The second kappa shape index (κ2) is 5.11. The highest BCUT2D eigenvalue weighted by molar-refractivity contribution is 5.42. The molecule has 1 atom stereocenters. The second-order valence-electron chi connectivity index (χ2n) is 5.79. The average Bonchev–Trinajstić information content (AvgIpc) is 3.24. The Morgan fingerprint density at radius 2 is 2.19 bits per heavy atom. The zero-order valence-electron chi connectivity index (χ0n) is 11.8. The van der Waals surface area contributed by atoms with Crippen molar-refractivity contribution < 1.29 is 9.84 Å². The van der Waals surface area contributed by atoms with E-state index in [1.165, 1.54) is 0 Å². The molecule has 6 nitrogen and oxygen atoms in total. The molecule has 1 N–H and O–H groups in total. The van der Waals surface area contributed by atoms with E-state index in [0.717, 1.165) is 54.8 Å². The van der Waals surface area contributed by atoms with Gasteiger partial charge in [-0.2, -0.15) is 0 Å². The first-order valence-electron chi connectivity index (χ1n) is 7.52. The number of ether oxygens (including phenoxy) is 1. The minimum atomic E-state index is -0.367. The Morgan fingerprint density at radius 3 is 3.05 bits per heavy atom. The summed E-state index contributed by atoms with van der Waals surface area (Å²) >= 11 is 0. The normalized spacial score (nSPS) is 21.1. The quantitative estimate of drug-likeness (QED) is 0.930. The summed E-state index contributed by atoms with van der Waals surface area (Å²) < 4.78 is 7.81. The summed E-state index contributed by atoms with van der Waals surface area (Å²) in [5.74, 6) is 1.61. The minimum absolute atomic E-state index is 0.367. The van der Waals surface area contributed by atoms with Crippen molar-refractivity contribution in [3.05, 3.63) is 35.2 Å². The van der Waals surface area contributed by atoms with E-state index in [0.29, 0.717) is 12.6 Å². The van der Waals surface area contributed by atoms with E-state index in [1.807, 2.05) is 22.9 Å². The van der Waals surface area contributed by atoms with E-state index >= 15 is 0 Å². The Hall–Kier alpha value is -1.95. The van der Waals surface area contributed by atoms with Crippen LogP contribution in [0.1, 0.15) is 54.8 Å². The SMILES string of the molecule is O[C@H]1CCCc2c(OCc3nnnn3C3CC3)cccc21. The molecule has 2 aliphatic rings. The molecule has 0 bridgehead atoms. The fraction of sp³-hybridized carbons (Fsp3) is 0.533. The van der Waals surface area contributed by atoms with Crippen LogP contribution in [0, 0.1) is 0 Å². The molecule has 4 rings (SSSR count). The predicted molar refractivity (Wildman–Crippen MR) is 74.8 cm³/mol. The maximum atomic E-state index is 10.1. The molecular weight excluding hydrogens is 268 g/mol. The van der Waals surface area contributed by atoms with Crippen molar-refractivity contribution in [2.24, 2.45) is 0 Å². The highest BCUT2D eigenvalue weighted by Gasteiger charge is 2.28. The molecule has 1 aromatic heterocycles. The van der Waals surface area contributed by atoms with Gasteiger partial charge in [-0.05, 0) is 59.7 Å². The summed E-state index contributed by atoms with van der Waals surface area (Å²) in [7, 11) is 0. The second-order valence-corrected chi connectivity index (χ2v) is 5.79. The Bertz CT molecular complexity index is 651. The first-order valence-corrected chi connectivity index (χ1v) is 7.52. The molecule has 1 fully saturated rings. The van der Waals surface area contributed by atoms with Crippen LogP contribution in [-0.2, 0) is 13.0 Å². The molecule has 21 heavy (non-hydrogen) atoms. The fourth-order valence-electron chi connectivity index (χ4n) is 2.98.